The van der Waals surface area contributed by atoms with Crippen molar-refractivity contribution in [2.24, 2.45) is 0 Å². The van der Waals surface area contributed by atoms with E-state index in [0.717, 1.165) is 35.8 Å². The molecular formula is C20H23N5O2. The number of benzene rings is 2. The second kappa shape index (κ2) is 8.46. The van der Waals surface area contributed by atoms with Gasteiger partial charge in [-0.25, -0.2) is 4.68 Å². The Kier molecular flexibility index (Phi) is 5.83. The van der Waals surface area contributed by atoms with Crippen LogP contribution in [-0.2, 0) is 6.54 Å². The highest BCUT2D eigenvalue weighted by Gasteiger charge is 2.17. The first-order chi connectivity index (χ1) is 13.1. The number of aromatic nitrogens is 3. The summed E-state index contributed by atoms with van der Waals surface area (Å²) in [6.07, 6.45) is 0. The lowest BCUT2D eigenvalue weighted by Crippen LogP contribution is -2.15. The van der Waals surface area contributed by atoms with Crippen molar-refractivity contribution in [2.45, 2.75) is 20.4 Å². The summed E-state index contributed by atoms with van der Waals surface area (Å²) in [5.41, 5.74) is 3.61. The SMILES string of the molecule is CCNCc1cccc(NC(=O)c2nnn(-c3ccc(OC)cc3)c2C)c1. The molecule has 1 aromatic heterocycles. The van der Waals surface area contributed by atoms with Crippen LogP contribution in [0.4, 0.5) is 5.69 Å². The fourth-order valence-electron chi connectivity index (χ4n) is 2.73. The molecule has 2 aromatic carbocycles. The maximum atomic E-state index is 12.6. The Morgan fingerprint density at radius 3 is 2.67 bits per heavy atom. The van der Waals surface area contributed by atoms with Crippen LogP contribution >= 0.6 is 0 Å². The van der Waals surface area contributed by atoms with Crippen molar-refractivity contribution in [3.05, 3.63) is 65.5 Å². The summed E-state index contributed by atoms with van der Waals surface area (Å²) in [5.74, 6) is 0.472. The summed E-state index contributed by atoms with van der Waals surface area (Å²) >= 11 is 0. The zero-order valence-electron chi connectivity index (χ0n) is 15.7. The van der Waals surface area contributed by atoms with E-state index < -0.39 is 0 Å². The van der Waals surface area contributed by atoms with Gasteiger partial charge in [-0.05, 0) is 55.4 Å². The molecule has 0 saturated carbocycles. The van der Waals surface area contributed by atoms with Crippen LogP contribution in [-0.4, -0.2) is 34.6 Å². The summed E-state index contributed by atoms with van der Waals surface area (Å²) in [5, 5.41) is 14.3. The molecule has 1 heterocycles. The van der Waals surface area contributed by atoms with E-state index >= 15 is 0 Å². The van der Waals surface area contributed by atoms with Gasteiger partial charge in [0.1, 0.15) is 5.75 Å². The van der Waals surface area contributed by atoms with Crippen molar-refractivity contribution in [1.82, 2.24) is 20.3 Å². The van der Waals surface area contributed by atoms with E-state index in [0.29, 0.717) is 11.4 Å². The van der Waals surface area contributed by atoms with Gasteiger partial charge in [-0.3, -0.25) is 4.79 Å². The minimum absolute atomic E-state index is 0.284. The molecule has 0 aliphatic rings. The van der Waals surface area contributed by atoms with Crippen molar-refractivity contribution in [3.8, 4) is 11.4 Å². The van der Waals surface area contributed by atoms with Gasteiger partial charge in [-0.1, -0.05) is 24.3 Å². The molecule has 3 rings (SSSR count). The number of rotatable bonds is 7. The number of carbonyl (C=O) groups excluding carboxylic acids is 1. The van der Waals surface area contributed by atoms with Crippen molar-refractivity contribution in [2.75, 3.05) is 19.0 Å². The van der Waals surface area contributed by atoms with Gasteiger partial charge >= 0.3 is 0 Å². The first kappa shape index (κ1) is 18.6. The lowest BCUT2D eigenvalue weighted by molar-refractivity contribution is 0.102. The standard InChI is InChI=1S/C20H23N5O2/c1-4-21-13-15-6-5-7-16(12-15)22-20(26)19-14(2)25(24-23-19)17-8-10-18(27-3)11-9-17/h5-12,21H,4,13H2,1-3H3,(H,22,26). The van der Waals surface area contributed by atoms with E-state index in [1.165, 1.54) is 0 Å². The first-order valence-electron chi connectivity index (χ1n) is 8.80. The van der Waals surface area contributed by atoms with Crippen LogP contribution in [0.2, 0.25) is 0 Å². The minimum Gasteiger partial charge on any atom is -0.497 e. The van der Waals surface area contributed by atoms with Gasteiger partial charge in [0.25, 0.3) is 5.91 Å². The molecule has 0 aliphatic heterocycles. The second-order valence-corrected chi connectivity index (χ2v) is 6.07. The Labute approximate surface area is 158 Å². The number of nitrogens with one attached hydrogen (secondary N) is 2. The van der Waals surface area contributed by atoms with Crippen molar-refractivity contribution in [1.29, 1.82) is 0 Å². The molecule has 0 spiro atoms. The van der Waals surface area contributed by atoms with Gasteiger partial charge < -0.3 is 15.4 Å². The Bertz CT molecular complexity index is 918. The molecule has 0 fully saturated rings. The molecule has 7 heteroatoms. The zero-order valence-corrected chi connectivity index (χ0v) is 15.7. The molecular weight excluding hydrogens is 342 g/mol. The van der Waals surface area contributed by atoms with Crippen LogP contribution in [0, 0.1) is 6.92 Å². The summed E-state index contributed by atoms with van der Waals surface area (Å²) in [6, 6.07) is 15.2. The lowest BCUT2D eigenvalue weighted by atomic mass is 10.2. The maximum absolute atomic E-state index is 12.6. The van der Waals surface area contributed by atoms with Crippen LogP contribution in [0.1, 0.15) is 28.7 Å². The third-order valence-corrected chi connectivity index (χ3v) is 4.19. The van der Waals surface area contributed by atoms with Crippen LogP contribution in [0.25, 0.3) is 5.69 Å². The highest BCUT2D eigenvalue weighted by Crippen LogP contribution is 2.18. The highest BCUT2D eigenvalue weighted by atomic mass is 16.5. The number of hydrogen-bond acceptors (Lipinski definition) is 5. The van der Waals surface area contributed by atoms with Gasteiger partial charge in [0.15, 0.2) is 5.69 Å². The van der Waals surface area contributed by atoms with Crippen LogP contribution in [0.15, 0.2) is 48.5 Å². The maximum Gasteiger partial charge on any atom is 0.278 e. The molecule has 2 N–H and O–H groups in total. The van der Waals surface area contributed by atoms with Gasteiger partial charge in [0, 0.05) is 12.2 Å². The fraction of sp³-hybridized carbons (Fsp3) is 0.250. The van der Waals surface area contributed by atoms with E-state index in [4.69, 9.17) is 4.74 Å². The molecule has 1 amide bonds. The van der Waals surface area contributed by atoms with Gasteiger partial charge in [0.05, 0.1) is 18.5 Å². The molecule has 0 radical (unpaired) electrons. The van der Waals surface area contributed by atoms with E-state index in [9.17, 15) is 4.79 Å². The molecule has 0 saturated heterocycles. The molecule has 140 valence electrons. The van der Waals surface area contributed by atoms with E-state index in [-0.39, 0.29) is 5.91 Å². The predicted octanol–water partition coefficient (Wildman–Crippen LogP) is 2.95. The molecule has 0 aliphatic carbocycles. The largest absolute Gasteiger partial charge is 0.497 e. The lowest BCUT2D eigenvalue weighted by Gasteiger charge is -2.08. The number of anilines is 1. The third kappa shape index (κ3) is 4.32. The number of ether oxygens (including phenoxy) is 1. The summed E-state index contributed by atoms with van der Waals surface area (Å²) in [7, 11) is 1.62. The quantitative estimate of drug-likeness (QED) is 0.673. The summed E-state index contributed by atoms with van der Waals surface area (Å²) in [4.78, 5) is 12.6. The van der Waals surface area contributed by atoms with Crippen LogP contribution < -0.4 is 15.4 Å². The number of hydrogen-bond donors (Lipinski definition) is 2. The van der Waals surface area contributed by atoms with Gasteiger partial charge in [0.2, 0.25) is 0 Å². The molecule has 7 nitrogen and oxygen atoms in total. The fourth-order valence-corrected chi connectivity index (χ4v) is 2.73. The average Bonchev–Trinajstić information content (AvgIpc) is 3.08. The number of amides is 1. The van der Waals surface area contributed by atoms with E-state index in [2.05, 4.69) is 27.9 Å². The van der Waals surface area contributed by atoms with Gasteiger partial charge in [-0.15, -0.1) is 5.10 Å². The second-order valence-electron chi connectivity index (χ2n) is 6.07. The zero-order chi connectivity index (χ0) is 19.2. The molecule has 0 bridgehead atoms. The monoisotopic (exact) mass is 365 g/mol. The highest BCUT2D eigenvalue weighted by molar-refractivity contribution is 6.03. The number of carbonyl (C=O) groups is 1. The number of nitrogens with zero attached hydrogens (tertiary/aromatic N) is 3. The summed E-state index contributed by atoms with van der Waals surface area (Å²) < 4.78 is 6.80. The predicted molar refractivity (Wildman–Crippen MR) is 104 cm³/mol. The average molecular weight is 365 g/mol. The normalized spacial score (nSPS) is 10.6. The molecule has 0 unspecified atom stereocenters. The van der Waals surface area contributed by atoms with Gasteiger partial charge in [-0.2, -0.15) is 0 Å². The van der Waals surface area contributed by atoms with Crippen LogP contribution in [0.3, 0.4) is 0 Å². The molecule has 3 aromatic rings. The molecule has 0 atom stereocenters. The van der Waals surface area contributed by atoms with E-state index in [1.54, 1.807) is 11.8 Å². The van der Waals surface area contributed by atoms with Crippen molar-refractivity contribution >= 4 is 11.6 Å². The van der Waals surface area contributed by atoms with Crippen LogP contribution in [0.5, 0.6) is 5.75 Å². The number of methoxy groups -OCH3 is 1. The van der Waals surface area contributed by atoms with Crippen molar-refractivity contribution in [3.63, 3.8) is 0 Å². The Hall–Kier alpha value is -3.19. The van der Waals surface area contributed by atoms with Crippen molar-refractivity contribution < 1.29 is 9.53 Å². The molecule has 27 heavy (non-hydrogen) atoms. The minimum atomic E-state index is -0.284. The Balaban J connectivity index is 1.77. The summed E-state index contributed by atoms with van der Waals surface area (Å²) in [6.45, 7) is 5.53. The Morgan fingerprint density at radius 2 is 1.96 bits per heavy atom. The Morgan fingerprint density at radius 1 is 1.19 bits per heavy atom. The first-order valence-corrected chi connectivity index (χ1v) is 8.80. The van der Waals surface area contributed by atoms with E-state index in [1.807, 2.05) is 55.5 Å². The smallest absolute Gasteiger partial charge is 0.278 e. The third-order valence-electron chi connectivity index (χ3n) is 4.19. The topological polar surface area (TPSA) is 81.1 Å².